The van der Waals surface area contributed by atoms with Gasteiger partial charge in [0.1, 0.15) is 18.2 Å². The predicted octanol–water partition coefficient (Wildman–Crippen LogP) is 2.51. The van der Waals surface area contributed by atoms with E-state index in [1.54, 1.807) is 30.5 Å². The van der Waals surface area contributed by atoms with Crippen LogP contribution in [0.15, 0.2) is 48.7 Å². The molecule has 0 bridgehead atoms. The van der Waals surface area contributed by atoms with Crippen LogP contribution in [-0.4, -0.2) is 29.3 Å². The first kappa shape index (κ1) is 14.1. The van der Waals surface area contributed by atoms with Gasteiger partial charge in [-0.15, -0.1) is 0 Å². The third kappa shape index (κ3) is 3.06. The molecule has 0 aliphatic heterocycles. The smallest absolute Gasteiger partial charge is 0.253 e. The van der Waals surface area contributed by atoms with Crippen LogP contribution in [0, 0.1) is 5.82 Å². The molecule has 5 nitrogen and oxygen atoms in total. The second-order valence-corrected chi connectivity index (χ2v) is 4.70. The number of nitrogens with one attached hydrogen (secondary N) is 2. The highest BCUT2D eigenvalue weighted by atomic mass is 19.1. The van der Waals surface area contributed by atoms with Crippen molar-refractivity contribution in [2.45, 2.75) is 0 Å². The minimum Gasteiger partial charge on any atom is -0.492 e. The Morgan fingerprint density at radius 2 is 2.14 bits per heavy atom. The quantitative estimate of drug-likeness (QED) is 0.711. The van der Waals surface area contributed by atoms with Crippen molar-refractivity contribution < 1.29 is 13.9 Å². The van der Waals surface area contributed by atoms with Gasteiger partial charge in [0.15, 0.2) is 0 Å². The number of halogens is 1. The SMILES string of the molecule is O=C(NCCOc1cccc(F)c1)c1cccc2cn[nH]c12. The Labute approximate surface area is 126 Å². The molecule has 2 N–H and O–H groups in total. The molecule has 0 fully saturated rings. The summed E-state index contributed by atoms with van der Waals surface area (Å²) in [4.78, 5) is 12.1. The van der Waals surface area contributed by atoms with Crippen LogP contribution in [0.2, 0.25) is 0 Å². The predicted molar refractivity (Wildman–Crippen MR) is 80.3 cm³/mol. The van der Waals surface area contributed by atoms with Gasteiger partial charge in [-0.25, -0.2) is 4.39 Å². The van der Waals surface area contributed by atoms with Crippen LogP contribution >= 0.6 is 0 Å². The van der Waals surface area contributed by atoms with Crippen molar-refractivity contribution in [2.75, 3.05) is 13.2 Å². The van der Waals surface area contributed by atoms with Gasteiger partial charge in [-0.2, -0.15) is 5.10 Å². The third-order valence-corrected chi connectivity index (χ3v) is 3.17. The van der Waals surface area contributed by atoms with E-state index in [4.69, 9.17) is 4.74 Å². The first-order chi connectivity index (χ1) is 10.7. The molecule has 1 heterocycles. The first-order valence-corrected chi connectivity index (χ1v) is 6.83. The number of carbonyl (C=O) groups excluding carboxylic acids is 1. The second-order valence-electron chi connectivity index (χ2n) is 4.70. The fourth-order valence-electron chi connectivity index (χ4n) is 2.14. The summed E-state index contributed by atoms with van der Waals surface area (Å²) < 4.78 is 18.4. The van der Waals surface area contributed by atoms with Gasteiger partial charge in [0.05, 0.1) is 23.8 Å². The number of hydrogen-bond donors (Lipinski definition) is 2. The highest BCUT2D eigenvalue weighted by Crippen LogP contribution is 2.15. The van der Waals surface area contributed by atoms with Crippen molar-refractivity contribution in [1.29, 1.82) is 0 Å². The van der Waals surface area contributed by atoms with E-state index in [1.807, 2.05) is 6.07 Å². The molecule has 6 heteroatoms. The maximum atomic E-state index is 13.0. The molecule has 0 aliphatic rings. The number of fused-ring (bicyclic) bond motifs is 1. The van der Waals surface area contributed by atoms with Gasteiger partial charge in [-0.1, -0.05) is 18.2 Å². The monoisotopic (exact) mass is 299 g/mol. The van der Waals surface area contributed by atoms with Crippen LogP contribution in [0.5, 0.6) is 5.75 Å². The highest BCUT2D eigenvalue weighted by Gasteiger charge is 2.10. The van der Waals surface area contributed by atoms with Gasteiger partial charge in [0.25, 0.3) is 5.91 Å². The van der Waals surface area contributed by atoms with Crippen LogP contribution in [0.25, 0.3) is 10.9 Å². The van der Waals surface area contributed by atoms with E-state index in [2.05, 4.69) is 15.5 Å². The summed E-state index contributed by atoms with van der Waals surface area (Å²) in [5, 5.41) is 10.4. The number of carbonyl (C=O) groups is 1. The van der Waals surface area contributed by atoms with Gasteiger partial charge in [-0.05, 0) is 18.2 Å². The molecule has 1 aromatic heterocycles. The van der Waals surface area contributed by atoms with Crippen molar-refractivity contribution in [3.63, 3.8) is 0 Å². The zero-order valence-corrected chi connectivity index (χ0v) is 11.7. The van der Waals surface area contributed by atoms with Crippen molar-refractivity contribution in [2.24, 2.45) is 0 Å². The lowest BCUT2D eigenvalue weighted by Crippen LogP contribution is -2.28. The Kier molecular flexibility index (Phi) is 4.00. The molecule has 0 atom stereocenters. The highest BCUT2D eigenvalue weighted by molar-refractivity contribution is 6.05. The number of nitrogens with zero attached hydrogens (tertiary/aromatic N) is 1. The standard InChI is InChI=1S/C16H14FN3O2/c17-12-4-2-5-13(9-12)22-8-7-18-16(21)14-6-1-3-11-10-19-20-15(11)14/h1-6,9-10H,7-8H2,(H,18,21)(H,19,20). The maximum Gasteiger partial charge on any atom is 0.253 e. The van der Waals surface area contributed by atoms with Crippen LogP contribution in [0.1, 0.15) is 10.4 Å². The number of para-hydroxylation sites is 1. The number of ether oxygens (including phenoxy) is 1. The number of H-pyrrole nitrogens is 1. The first-order valence-electron chi connectivity index (χ1n) is 6.83. The Morgan fingerprint density at radius 3 is 3.00 bits per heavy atom. The van der Waals surface area contributed by atoms with Gasteiger partial charge in [-0.3, -0.25) is 9.89 Å². The average molecular weight is 299 g/mol. The molecular weight excluding hydrogens is 285 g/mol. The molecule has 0 unspecified atom stereocenters. The maximum absolute atomic E-state index is 13.0. The van der Waals surface area contributed by atoms with E-state index in [1.165, 1.54) is 12.1 Å². The molecular formula is C16H14FN3O2. The largest absolute Gasteiger partial charge is 0.492 e. The molecule has 2 aromatic carbocycles. The Bertz CT molecular complexity index is 801. The molecule has 0 spiro atoms. The molecule has 1 amide bonds. The molecule has 112 valence electrons. The summed E-state index contributed by atoms with van der Waals surface area (Å²) in [6, 6.07) is 11.3. The summed E-state index contributed by atoms with van der Waals surface area (Å²) in [6.07, 6.45) is 1.67. The van der Waals surface area contributed by atoms with Crippen LogP contribution < -0.4 is 10.1 Å². The lowest BCUT2D eigenvalue weighted by molar-refractivity contribution is 0.0948. The molecule has 0 radical (unpaired) electrons. The number of rotatable bonds is 5. The summed E-state index contributed by atoms with van der Waals surface area (Å²) >= 11 is 0. The Morgan fingerprint density at radius 1 is 1.27 bits per heavy atom. The lowest BCUT2D eigenvalue weighted by Gasteiger charge is -2.08. The fourth-order valence-corrected chi connectivity index (χ4v) is 2.14. The number of aromatic amines is 1. The summed E-state index contributed by atoms with van der Waals surface area (Å²) in [7, 11) is 0. The van der Waals surface area contributed by atoms with E-state index in [0.29, 0.717) is 23.4 Å². The second kappa shape index (κ2) is 6.26. The van der Waals surface area contributed by atoms with Crippen LogP contribution in [-0.2, 0) is 0 Å². The van der Waals surface area contributed by atoms with Crippen molar-refractivity contribution in [1.82, 2.24) is 15.5 Å². The van der Waals surface area contributed by atoms with Gasteiger partial charge >= 0.3 is 0 Å². The summed E-state index contributed by atoms with van der Waals surface area (Å²) in [6.45, 7) is 0.577. The van der Waals surface area contributed by atoms with E-state index in [-0.39, 0.29) is 18.3 Å². The zero-order valence-electron chi connectivity index (χ0n) is 11.7. The van der Waals surface area contributed by atoms with Crippen molar-refractivity contribution in [3.05, 3.63) is 60.0 Å². The number of hydrogen-bond acceptors (Lipinski definition) is 3. The van der Waals surface area contributed by atoms with Crippen molar-refractivity contribution >= 4 is 16.8 Å². The Balaban J connectivity index is 1.55. The molecule has 22 heavy (non-hydrogen) atoms. The summed E-state index contributed by atoms with van der Waals surface area (Å²) in [5.74, 6) is -0.130. The van der Waals surface area contributed by atoms with E-state index >= 15 is 0 Å². The number of aromatic nitrogens is 2. The number of amides is 1. The fraction of sp³-hybridized carbons (Fsp3) is 0.125. The minimum atomic E-state index is -0.354. The molecule has 0 saturated carbocycles. The van der Waals surface area contributed by atoms with Gasteiger partial charge in [0.2, 0.25) is 0 Å². The Hall–Kier alpha value is -2.89. The average Bonchev–Trinajstić information content (AvgIpc) is 3.00. The van der Waals surface area contributed by atoms with Gasteiger partial charge in [0, 0.05) is 11.5 Å². The van der Waals surface area contributed by atoms with E-state index < -0.39 is 0 Å². The van der Waals surface area contributed by atoms with Crippen LogP contribution in [0.4, 0.5) is 4.39 Å². The zero-order chi connectivity index (χ0) is 15.4. The summed E-state index contributed by atoms with van der Waals surface area (Å²) in [5.41, 5.74) is 1.23. The molecule has 3 rings (SSSR count). The lowest BCUT2D eigenvalue weighted by atomic mass is 10.1. The topological polar surface area (TPSA) is 67.0 Å². The van der Waals surface area contributed by atoms with Crippen LogP contribution in [0.3, 0.4) is 0 Å². The van der Waals surface area contributed by atoms with E-state index in [9.17, 15) is 9.18 Å². The van der Waals surface area contributed by atoms with Crippen molar-refractivity contribution in [3.8, 4) is 5.75 Å². The molecule has 0 saturated heterocycles. The van der Waals surface area contributed by atoms with Gasteiger partial charge < -0.3 is 10.1 Å². The normalized spacial score (nSPS) is 10.6. The molecule has 3 aromatic rings. The molecule has 0 aliphatic carbocycles. The number of benzene rings is 2. The van der Waals surface area contributed by atoms with E-state index in [0.717, 1.165) is 5.39 Å². The minimum absolute atomic E-state index is 0.210. The third-order valence-electron chi connectivity index (χ3n) is 3.17.